The minimum Gasteiger partial charge on any atom is -0.339 e. The summed E-state index contributed by atoms with van der Waals surface area (Å²) in [4.78, 5) is 30.7. The van der Waals surface area contributed by atoms with Gasteiger partial charge in [0.15, 0.2) is 5.82 Å². The molecule has 0 aromatic carbocycles. The van der Waals surface area contributed by atoms with Gasteiger partial charge in [0.1, 0.15) is 5.82 Å². The predicted octanol–water partition coefficient (Wildman–Crippen LogP) is 0.885. The molecule has 146 valence electrons. The SMILES string of the molecule is Cc1nc(-c2cccnc2)[nH]c(=O)c1CCc1nc(C2CNCCN2C)no1. The highest BCUT2D eigenvalue weighted by molar-refractivity contribution is 5.53. The molecular weight excluding hydrogens is 358 g/mol. The molecule has 4 heterocycles. The number of pyridine rings is 1. The molecule has 1 fully saturated rings. The van der Waals surface area contributed by atoms with Crippen molar-refractivity contribution in [1.82, 2.24) is 35.3 Å². The Kier molecular flexibility index (Phi) is 5.27. The van der Waals surface area contributed by atoms with Gasteiger partial charge in [-0.05, 0) is 32.5 Å². The van der Waals surface area contributed by atoms with Crippen molar-refractivity contribution in [3.63, 3.8) is 0 Å². The first-order valence-electron chi connectivity index (χ1n) is 9.35. The normalized spacial score (nSPS) is 17.7. The van der Waals surface area contributed by atoms with E-state index in [9.17, 15) is 4.79 Å². The highest BCUT2D eigenvalue weighted by Gasteiger charge is 2.25. The molecule has 1 atom stereocenters. The topological polar surface area (TPSA) is 113 Å². The van der Waals surface area contributed by atoms with Crippen molar-refractivity contribution < 1.29 is 4.52 Å². The first-order chi connectivity index (χ1) is 13.6. The second-order valence-corrected chi connectivity index (χ2v) is 6.97. The summed E-state index contributed by atoms with van der Waals surface area (Å²) >= 11 is 0. The Balaban J connectivity index is 1.47. The summed E-state index contributed by atoms with van der Waals surface area (Å²) < 4.78 is 5.40. The van der Waals surface area contributed by atoms with Crippen LogP contribution in [0.5, 0.6) is 0 Å². The van der Waals surface area contributed by atoms with Crippen LogP contribution >= 0.6 is 0 Å². The van der Waals surface area contributed by atoms with Gasteiger partial charge in [0, 0.05) is 55.3 Å². The quantitative estimate of drug-likeness (QED) is 0.670. The number of hydrogen-bond donors (Lipinski definition) is 2. The lowest BCUT2D eigenvalue weighted by Crippen LogP contribution is -2.44. The smallest absolute Gasteiger partial charge is 0.254 e. The molecule has 3 aromatic rings. The van der Waals surface area contributed by atoms with Crippen molar-refractivity contribution in [2.24, 2.45) is 0 Å². The largest absolute Gasteiger partial charge is 0.339 e. The average Bonchev–Trinajstić information content (AvgIpc) is 3.17. The predicted molar refractivity (Wildman–Crippen MR) is 103 cm³/mol. The molecule has 2 N–H and O–H groups in total. The molecule has 0 saturated carbocycles. The molecule has 4 rings (SSSR count). The Morgan fingerprint density at radius 1 is 1.32 bits per heavy atom. The Morgan fingerprint density at radius 3 is 2.96 bits per heavy atom. The number of aromatic amines is 1. The minimum absolute atomic E-state index is 0.108. The maximum atomic E-state index is 12.6. The molecule has 0 aliphatic carbocycles. The summed E-state index contributed by atoms with van der Waals surface area (Å²) in [7, 11) is 2.06. The number of nitrogens with one attached hydrogen (secondary N) is 2. The monoisotopic (exact) mass is 381 g/mol. The maximum Gasteiger partial charge on any atom is 0.254 e. The van der Waals surface area contributed by atoms with E-state index in [0.717, 1.165) is 25.2 Å². The second-order valence-electron chi connectivity index (χ2n) is 6.97. The third kappa shape index (κ3) is 3.85. The summed E-state index contributed by atoms with van der Waals surface area (Å²) in [6.45, 7) is 4.54. The molecular formula is C19H23N7O2. The van der Waals surface area contributed by atoms with Crippen LogP contribution in [0.25, 0.3) is 11.4 Å². The summed E-state index contributed by atoms with van der Waals surface area (Å²) in [6.07, 6.45) is 4.34. The third-order valence-electron chi connectivity index (χ3n) is 5.04. The van der Waals surface area contributed by atoms with E-state index in [2.05, 4.69) is 42.4 Å². The summed E-state index contributed by atoms with van der Waals surface area (Å²) in [5.74, 6) is 1.73. The first kappa shape index (κ1) is 18.5. The van der Waals surface area contributed by atoms with Crippen molar-refractivity contribution >= 4 is 0 Å². The van der Waals surface area contributed by atoms with E-state index >= 15 is 0 Å². The minimum atomic E-state index is -0.151. The van der Waals surface area contributed by atoms with Gasteiger partial charge in [0.25, 0.3) is 5.56 Å². The molecule has 0 bridgehead atoms. The Bertz CT molecular complexity index is 999. The zero-order valence-corrected chi connectivity index (χ0v) is 16.0. The Morgan fingerprint density at radius 2 is 2.21 bits per heavy atom. The van der Waals surface area contributed by atoms with Gasteiger partial charge in [-0.2, -0.15) is 4.98 Å². The molecule has 0 amide bonds. The van der Waals surface area contributed by atoms with Crippen LogP contribution in [-0.4, -0.2) is 56.7 Å². The lowest BCUT2D eigenvalue weighted by molar-refractivity contribution is 0.190. The number of aromatic nitrogens is 5. The van der Waals surface area contributed by atoms with E-state index in [0.29, 0.717) is 41.6 Å². The molecule has 3 aromatic heterocycles. The van der Waals surface area contributed by atoms with Gasteiger partial charge in [-0.15, -0.1) is 0 Å². The molecule has 1 unspecified atom stereocenters. The van der Waals surface area contributed by atoms with Crippen molar-refractivity contribution in [1.29, 1.82) is 0 Å². The summed E-state index contributed by atoms with van der Waals surface area (Å²) in [5.41, 5.74) is 1.95. The van der Waals surface area contributed by atoms with Crippen molar-refractivity contribution in [2.45, 2.75) is 25.8 Å². The Labute approximate surface area is 162 Å². The Hall–Kier alpha value is -2.91. The van der Waals surface area contributed by atoms with Gasteiger partial charge < -0.3 is 14.8 Å². The lowest BCUT2D eigenvalue weighted by Gasteiger charge is -2.30. The highest BCUT2D eigenvalue weighted by Crippen LogP contribution is 2.18. The van der Waals surface area contributed by atoms with Crippen molar-refractivity contribution in [2.75, 3.05) is 26.7 Å². The molecule has 0 radical (unpaired) electrons. The molecule has 9 nitrogen and oxygen atoms in total. The highest BCUT2D eigenvalue weighted by atomic mass is 16.5. The van der Waals surface area contributed by atoms with Gasteiger partial charge in [-0.3, -0.25) is 14.7 Å². The lowest BCUT2D eigenvalue weighted by atomic mass is 10.1. The maximum absolute atomic E-state index is 12.6. The molecule has 0 spiro atoms. The van der Waals surface area contributed by atoms with Gasteiger partial charge >= 0.3 is 0 Å². The molecule has 1 aliphatic heterocycles. The van der Waals surface area contributed by atoms with Gasteiger partial charge in [0.2, 0.25) is 5.89 Å². The van der Waals surface area contributed by atoms with Crippen LogP contribution in [0.4, 0.5) is 0 Å². The number of H-pyrrole nitrogens is 1. The summed E-state index contributed by atoms with van der Waals surface area (Å²) in [6, 6.07) is 3.78. The van der Waals surface area contributed by atoms with Crippen LogP contribution in [0.3, 0.4) is 0 Å². The van der Waals surface area contributed by atoms with Crippen LogP contribution in [0, 0.1) is 6.92 Å². The average molecular weight is 381 g/mol. The molecule has 1 saturated heterocycles. The molecule has 9 heteroatoms. The van der Waals surface area contributed by atoms with Gasteiger partial charge in [0.05, 0.1) is 6.04 Å². The number of rotatable bonds is 5. The van der Waals surface area contributed by atoms with E-state index in [4.69, 9.17) is 4.52 Å². The van der Waals surface area contributed by atoms with Gasteiger partial charge in [-0.25, -0.2) is 4.98 Å². The fraction of sp³-hybridized carbons (Fsp3) is 0.421. The number of aryl methyl sites for hydroxylation is 2. The zero-order valence-electron chi connectivity index (χ0n) is 16.0. The zero-order chi connectivity index (χ0) is 19.5. The van der Waals surface area contributed by atoms with E-state index in [1.807, 2.05) is 19.1 Å². The standard InChI is InChI=1S/C19H23N7O2/c1-12-14(19(27)24-17(22-12)13-4-3-7-20-10-13)5-6-16-23-18(25-28-16)15-11-21-8-9-26(15)2/h3-4,7,10,15,21H,5-6,8-9,11H2,1-2H3,(H,22,24,27). The van der Waals surface area contributed by atoms with Crippen LogP contribution in [-0.2, 0) is 12.8 Å². The van der Waals surface area contributed by atoms with Crippen molar-refractivity contribution in [3.8, 4) is 11.4 Å². The van der Waals surface area contributed by atoms with Gasteiger partial charge in [-0.1, -0.05) is 5.16 Å². The number of nitrogens with zero attached hydrogens (tertiary/aromatic N) is 5. The van der Waals surface area contributed by atoms with Crippen LogP contribution < -0.4 is 10.9 Å². The van der Waals surface area contributed by atoms with E-state index in [1.165, 1.54) is 0 Å². The second kappa shape index (κ2) is 7.99. The van der Waals surface area contributed by atoms with Crippen LogP contribution in [0.1, 0.15) is 29.0 Å². The summed E-state index contributed by atoms with van der Waals surface area (Å²) in [5, 5.41) is 7.47. The fourth-order valence-electron chi connectivity index (χ4n) is 3.38. The van der Waals surface area contributed by atoms with Crippen LogP contribution in [0.15, 0.2) is 33.8 Å². The van der Waals surface area contributed by atoms with Crippen molar-refractivity contribution in [3.05, 3.63) is 57.9 Å². The molecule has 28 heavy (non-hydrogen) atoms. The fourth-order valence-corrected chi connectivity index (χ4v) is 3.38. The third-order valence-corrected chi connectivity index (χ3v) is 5.04. The van der Waals surface area contributed by atoms with E-state index in [-0.39, 0.29) is 11.6 Å². The number of piperazine rings is 1. The number of likely N-dealkylation sites (N-methyl/N-ethyl adjacent to an activating group) is 1. The van der Waals surface area contributed by atoms with Crippen LogP contribution in [0.2, 0.25) is 0 Å². The first-order valence-corrected chi connectivity index (χ1v) is 9.35. The van der Waals surface area contributed by atoms with E-state index in [1.54, 1.807) is 12.4 Å². The van der Waals surface area contributed by atoms with E-state index < -0.39 is 0 Å². The molecule has 1 aliphatic rings. The number of hydrogen-bond acceptors (Lipinski definition) is 8.